The molecule has 11 amide bonds. The van der Waals surface area contributed by atoms with Gasteiger partial charge in [-0.05, 0) is 101 Å². The Labute approximate surface area is 530 Å². The highest BCUT2D eigenvalue weighted by Crippen LogP contribution is 2.27. The van der Waals surface area contributed by atoms with Crippen molar-refractivity contribution in [2.45, 2.75) is 236 Å². The standard InChI is InChI=1S/C64H111N11O14/c1-25-27-28-40(14)53(89-44(18)77)52-58(82)67-45(26-2)60(84)70(19)43(17)55(79)69-50(39(13)29-30-76)57(81)68-49(37(9)10)63(87)71(20)46(31-34(3)4)56(80)65-41(15)54(78)66-42(16)59(83)72(21)47(32-35(5)6)61(85)73(22)48(33-36(7)8)62(86)74(23)51(38(11)12)64(88)75(52)24/h25,27,30,34-43,45-53H,26,28-29,31-33H2,1-24H3,(H,65,80)(H,66,78)(H,67,82)(H,68,81)(H,69,79)/b27-25+/t39-,40-,41+,42-,43-,45+,46+,47+,48+,49+,50+,51+,52+,53-/m1/s1. The molecule has 0 radical (unpaired) electrons. The van der Waals surface area contributed by atoms with Crippen molar-refractivity contribution < 1.29 is 67.1 Å². The van der Waals surface area contributed by atoms with Gasteiger partial charge in [-0.15, -0.1) is 0 Å². The monoisotopic (exact) mass is 1260 g/mol. The largest absolute Gasteiger partial charge is 0.459 e. The number of hydrogen-bond donors (Lipinski definition) is 5. The smallest absolute Gasteiger partial charge is 0.303 e. The summed E-state index contributed by atoms with van der Waals surface area (Å²) in [5, 5.41) is 13.5. The summed E-state index contributed by atoms with van der Waals surface area (Å²) in [6.07, 6.45) is 3.15. The van der Waals surface area contributed by atoms with Gasteiger partial charge in [-0.1, -0.05) is 102 Å². The number of allylic oxidation sites excluding steroid dienone is 2. The van der Waals surface area contributed by atoms with Crippen molar-refractivity contribution in [1.82, 2.24) is 56.0 Å². The fraction of sp³-hybridized carbons (Fsp3) is 0.766. The van der Waals surface area contributed by atoms with Gasteiger partial charge in [0.1, 0.15) is 78.9 Å². The molecule has 0 aromatic heterocycles. The van der Waals surface area contributed by atoms with Gasteiger partial charge in [0.2, 0.25) is 65.0 Å². The molecule has 0 aliphatic carbocycles. The van der Waals surface area contributed by atoms with Crippen molar-refractivity contribution >= 4 is 77.2 Å². The normalized spacial score (nSPS) is 27.1. The highest BCUT2D eigenvalue weighted by atomic mass is 16.5. The van der Waals surface area contributed by atoms with Crippen LogP contribution in [0.2, 0.25) is 0 Å². The van der Waals surface area contributed by atoms with Crippen molar-refractivity contribution in [1.29, 1.82) is 0 Å². The molecule has 1 rings (SSSR count). The molecule has 0 aromatic rings. The highest BCUT2D eigenvalue weighted by molar-refractivity contribution is 6.00. The number of likely N-dealkylation sites (N-methyl/N-ethyl adjacent to an activating group) is 6. The van der Waals surface area contributed by atoms with E-state index in [1.54, 1.807) is 60.6 Å². The SMILES string of the molecule is C/C=C/C[C@@H](C)[C@@H](OC(C)=O)[C@H]1C(=O)N[C@@H](CC)C(=O)N(C)[C@H](C)C(=O)N[C@@H]([C@H](C)CC=O)C(=O)N[C@@H](C(C)C)C(=O)N(C)[C@@H](CC(C)C)C(=O)N[C@@H](C)C(=O)N[C@H](C)C(=O)N(C)[C@@H](CC(C)C)C(=O)N(C)[C@@H](CC(C)C)C(=O)N(C)[C@@H](C(C)C)C(=O)N1C. The molecule has 0 spiro atoms. The van der Waals surface area contributed by atoms with E-state index in [-0.39, 0.29) is 56.3 Å². The molecule has 0 aromatic carbocycles. The van der Waals surface area contributed by atoms with E-state index in [0.717, 1.165) is 16.7 Å². The van der Waals surface area contributed by atoms with Crippen LogP contribution in [-0.2, 0) is 67.1 Å². The molecule has 25 heteroatoms. The van der Waals surface area contributed by atoms with E-state index in [2.05, 4.69) is 26.6 Å². The highest BCUT2D eigenvalue weighted by Gasteiger charge is 2.47. The van der Waals surface area contributed by atoms with E-state index in [1.807, 2.05) is 41.5 Å². The Morgan fingerprint density at radius 3 is 1.40 bits per heavy atom. The molecule has 89 heavy (non-hydrogen) atoms. The lowest BCUT2D eigenvalue weighted by Crippen LogP contribution is -2.64. The van der Waals surface area contributed by atoms with Crippen LogP contribution in [-0.4, -0.2) is 221 Å². The number of ether oxygens (including phenoxy) is 1. The van der Waals surface area contributed by atoms with Gasteiger partial charge in [0.15, 0.2) is 0 Å². The third kappa shape index (κ3) is 22.5. The molecule has 14 atom stereocenters. The van der Waals surface area contributed by atoms with Crippen molar-refractivity contribution in [2.24, 2.45) is 41.4 Å². The third-order valence-corrected chi connectivity index (χ3v) is 16.7. The van der Waals surface area contributed by atoms with Gasteiger partial charge >= 0.3 is 5.97 Å². The maximum absolute atomic E-state index is 15.4. The molecule has 0 bridgehead atoms. The van der Waals surface area contributed by atoms with Crippen molar-refractivity contribution in [3.63, 3.8) is 0 Å². The molecule has 1 aliphatic heterocycles. The number of carbonyl (C=O) groups is 13. The predicted molar refractivity (Wildman–Crippen MR) is 338 cm³/mol. The van der Waals surface area contributed by atoms with Gasteiger partial charge in [0.25, 0.3) is 0 Å². The number of nitrogens with zero attached hydrogens (tertiary/aromatic N) is 6. The zero-order valence-corrected chi connectivity index (χ0v) is 57.8. The average Bonchev–Trinajstić information content (AvgIpc) is 0.943. The van der Waals surface area contributed by atoms with Gasteiger partial charge < -0.3 is 65.5 Å². The first-order chi connectivity index (χ1) is 41.2. The lowest BCUT2D eigenvalue weighted by Gasteiger charge is -2.42. The molecule has 5 N–H and O–H groups in total. The van der Waals surface area contributed by atoms with E-state index in [4.69, 9.17) is 4.74 Å². The summed E-state index contributed by atoms with van der Waals surface area (Å²) in [6.45, 7) is 29.8. The second-order valence-corrected chi connectivity index (χ2v) is 26.3. The summed E-state index contributed by atoms with van der Waals surface area (Å²) in [5.41, 5.74) is 0. The van der Waals surface area contributed by atoms with Gasteiger partial charge in [-0.25, -0.2) is 0 Å². The van der Waals surface area contributed by atoms with Crippen molar-refractivity contribution in [3.8, 4) is 0 Å². The first-order valence-electron chi connectivity index (χ1n) is 31.5. The number of carbonyl (C=O) groups excluding carboxylic acids is 13. The number of rotatable bonds is 17. The Morgan fingerprint density at radius 2 is 0.944 bits per heavy atom. The Kier molecular flexibility index (Phi) is 33.0. The van der Waals surface area contributed by atoms with E-state index in [1.165, 1.54) is 89.6 Å². The summed E-state index contributed by atoms with van der Waals surface area (Å²) in [4.78, 5) is 193. The van der Waals surface area contributed by atoms with Crippen LogP contribution in [0.15, 0.2) is 12.2 Å². The summed E-state index contributed by atoms with van der Waals surface area (Å²) < 4.78 is 5.92. The topological polar surface area (TPSA) is 311 Å². The van der Waals surface area contributed by atoms with Crippen LogP contribution in [0.4, 0.5) is 0 Å². The molecular formula is C64H111N11O14. The van der Waals surface area contributed by atoms with E-state index >= 15 is 19.2 Å². The molecule has 506 valence electrons. The van der Waals surface area contributed by atoms with Gasteiger partial charge in [-0.2, -0.15) is 0 Å². The number of esters is 1. The quantitative estimate of drug-likeness (QED) is 0.0795. The minimum atomic E-state index is -1.64. The zero-order valence-electron chi connectivity index (χ0n) is 57.8. The van der Waals surface area contributed by atoms with E-state index < -0.39 is 167 Å². The summed E-state index contributed by atoms with van der Waals surface area (Å²) in [6, 6.07) is -14.5. The number of hydrogen-bond acceptors (Lipinski definition) is 14. The van der Waals surface area contributed by atoms with Crippen LogP contribution in [0.25, 0.3) is 0 Å². The number of amides is 11. The fourth-order valence-electron chi connectivity index (χ4n) is 10.9. The van der Waals surface area contributed by atoms with Crippen LogP contribution in [0.1, 0.15) is 163 Å². The molecule has 1 saturated heterocycles. The van der Waals surface area contributed by atoms with Crippen molar-refractivity contribution in [2.75, 3.05) is 42.3 Å². The van der Waals surface area contributed by atoms with Crippen LogP contribution in [0.5, 0.6) is 0 Å². The summed E-state index contributed by atoms with van der Waals surface area (Å²) in [7, 11) is 8.31. The first kappa shape index (κ1) is 80.1. The van der Waals surface area contributed by atoms with Gasteiger partial charge in [-0.3, -0.25) is 57.5 Å². The first-order valence-corrected chi connectivity index (χ1v) is 31.5. The lowest BCUT2D eigenvalue weighted by atomic mass is 9.91. The maximum atomic E-state index is 15.4. The molecule has 25 nitrogen and oxygen atoms in total. The second kappa shape index (κ2) is 36.6. The Hall–Kier alpha value is -6.95. The molecule has 0 unspecified atom stereocenters. The van der Waals surface area contributed by atoms with E-state index in [0.29, 0.717) is 6.29 Å². The Bertz CT molecular complexity index is 2500. The van der Waals surface area contributed by atoms with Crippen molar-refractivity contribution in [3.05, 3.63) is 12.2 Å². The molecule has 1 fully saturated rings. The van der Waals surface area contributed by atoms with Gasteiger partial charge in [0, 0.05) is 55.6 Å². The number of nitrogens with one attached hydrogen (secondary N) is 5. The molecular weight excluding hydrogens is 1150 g/mol. The Balaban J connectivity index is 4.47. The van der Waals surface area contributed by atoms with Crippen LogP contribution in [0.3, 0.4) is 0 Å². The second-order valence-electron chi connectivity index (χ2n) is 26.3. The minimum Gasteiger partial charge on any atom is -0.459 e. The summed E-state index contributed by atoms with van der Waals surface area (Å²) in [5.74, 6) is -12.3. The lowest BCUT2D eigenvalue weighted by molar-refractivity contribution is -0.164. The summed E-state index contributed by atoms with van der Waals surface area (Å²) >= 11 is 0. The predicted octanol–water partition coefficient (Wildman–Crippen LogP) is 3.07. The fourth-order valence-corrected chi connectivity index (χ4v) is 10.9. The van der Waals surface area contributed by atoms with Crippen LogP contribution in [0, 0.1) is 41.4 Å². The molecule has 1 aliphatic rings. The maximum Gasteiger partial charge on any atom is 0.303 e. The van der Waals surface area contributed by atoms with Crippen LogP contribution >= 0.6 is 0 Å². The Morgan fingerprint density at radius 1 is 0.483 bits per heavy atom. The zero-order chi connectivity index (χ0) is 69.0. The number of aldehydes is 1. The minimum absolute atomic E-state index is 0.0511. The van der Waals surface area contributed by atoms with Gasteiger partial charge in [0.05, 0.1) is 0 Å². The van der Waals surface area contributed by atoms with E-state index in [9.17, 15) is 43.2 Å². The molecule has 1 heterocycles. The molecule has 0 saturated carbocycles. The average molecular weight is 1260 g/mol. The third-order valence-electron chi connectivity index (χ3n) is 16.7. The van der Waals surface area contributed by atoms with Crippen LogP contribution < -0.4 is 26.6 Å².